The number of rotatable bonds is 8. The summed E-state index contributed by atoms with van der Waals surface area (Å²) in [5.41, 5.74) is 0. The molecule has 6 aromatic rings. The first-order valence-electron chi connectivity index (χ1n) is 17.2. The van der Waals surface area contributed by atoms with Crippen molar-refractivity contribution in [2.75, 3.05) is 13.2 Å². The maximum atomic E-state index is 11.6. The standard InChI is InChI=1S/C22H19O3S.C18H14OS.C4H5BrO2.2ClH/c23-22-21(15-16-24-22)25-17-11-13-20(14-12-17)26(18-7-3-1-4-8-18)19-9-5-2-6-10-19;19-15-11-13-18(14-12-15)20(16-7-3-1-4-8-16)17-9-5-2-6-10-17;5-3-1-2-7-4(3)6;;/h1-14,21H,15-16H2;1-14H;3H,1-2H2;2*1H/q+1;;;;/p-1. The molecule has 0 saturated carbocycles. The molecule has 0 bridgehead atoms. The number of cyclic esters (lactones) is 2. The largest absolute Gasteiger partial charge is 1.00 e. The topological polar surface area (TPSA) is 82.1 Å². The van der Waals surface area contributed by atoms with Crippen LogP contribution in [0.5, 0.6) is 11.5 Å². The van der Waals surface area contributed by atoms with Crippen molar-refractivity contribution in [2.45, 2.75) is 53.1 Å². The monoisotopic (exact) mass is 876 g/mol. The number of phenolic OH excluding ortho intramolecular Hbond substituents is 1. The summed E-state index contributed by atoms with van der Waals surface area (Å²) < 4.78 is 15.3. The summed E-state index contributed by atoms with van der Waals surface area (Å²) in [6, 6.07) is 57.5. The number of esters is 2. The summed E-state index contributed by atoms with van der Waals surface area (Å²) in [5.74, 6) is 0.600. The normalized spacial score (nSPS) is 15.5. The van der Waals surface area contributed by atoms with Gasteiger partial charge in [0.25, 0.3) is 0 Å². The average Bonchev–Trinajstić information content (AvgIpc) is 3.80. The number of halogens is 3. The van der Waals surface area contributed by atoms with E-state index in [0.29, 0.717) is 31.1 Å². The van der Waals surface area contributed by atoms with Gasteiger partial charge in [-0.3, -0.25) is 4.79 Å². The molecule has 11 heteroatoms. The Morgan fingerprint density at radius 1 is 0.491 bits per heavy atom. The van der Waals surface area contributed by atoms with Crippen molar-refractivity contribution in [1.29, 1.82) is 0 Å². The number of ether oxygens (including phenoxy) is 3. The lowest BCUT2D eigenvalue weighted by Crippen LogP contribution is -3.00. The highest BCUT2D eigenvalue weighted by Gasteiger charge is 2.31. The molecule has 284 valence electrons. The Morgan fingerprint density at radius 3 is 1.15 bits per heavy atom. The molecule has 6 nitrogen and oxygen atoms in total. The quantitative estimate of drug-likeness (QED) is 0.143. The van der Waals surface area contributed by atoms with Gasteiger partial charge in [-0.05, 0) is 97.1 Å². The highest BCUT2D eigenvalue weighted by molar-refractivity contribution is 9.10. The summed E-state index contributed by atoms with van der Waals surface area (Å²) in [6.07, 6.45) is 0.944. The second-order valence-corrected chi connectivity index (χ2v) is 17.0. The van der Waals surface area contributed by atoms with E-state index in [0.717, 1.165) is 6.42 Å². The van der Waals surface area contributed by atoms with E-state index in [4.69, 9.17) is 9.47 Å². The van der Waals surface area contributed by atoms with Crippen molar-refractivity contribution in [1.82, 2.24) is 0 Å². The van der Waals surface area contributed by atoms with Gasteiger partial charge in [-0.2, -0.15) is 0 Å². The van der Waals surface area contributed by atoms with Gasteiger partial charge in [0, 0.05) is 12.8 Å². The van der Waals surface area contributed by atoms with E-state index in [2.05, 4.69) is 130 Å². The second kappa shape index (κ2) is 22.2. The van der Waals surface area contributed by atoms with Crippen molar-refractivity contribution in [3.63, 3.8) is 0 Å². The van der Waals surface area contributed by atoms with E-state index < -0.39 is 6.10 Å². The number of aromatic hydroxyl groups is 1. The van der Waals surface area contributed by atoms with Crippen LogP contribution < -0.4 is 29.6 Å². The van der Waals surface area contributed by atoms with Crippen LogP contribution in [0.3, 0.4) is 0 Å². The summed E-state index contributed by atoms with van der Waals surface area (Å²) in [4.78, 5) is 29.4. The van der Waals surface area contributed by atoms with E-state index in [1.54, 1.807) is 12.1 Å². The minimum Gasteiger partial charge on any atom is -1.00 e. The van der Waals surface area contributed by atoms with Crippen molar-refractivity contribution in [2.24, 2.45) is 0 Å². The molecule has 2 unspecified atom stereocenters. The van der Waals surface area contributed by atoms with Crippen LogP contribution in [-0.4, -0.2) is 41.2 Å². The van der Waals surface area contributed by atoms with E-state index >= 15 is 0 Å². The molecule has 2 aliphatic heterocycles. The molecular formula is C44H39BrCl2O6S2. The lowest BCUT2D eigenvalue weighted by molar-refractivity contribution is -0.143. The lowest BCUT2D eigenvalue weighted by Gasteiger charge is -2.11. The van der Waals surface area contributed by atoms with Gasteiger partial charge in [0.2, 0.25) is 0 Å². The molecule has 2 atom stereocenters. The van der Waals surface area contributed by atoms with E-state index in [-0.39, 0.29) is 63.4 Å². The molecule has 0 amide bonds. The number of phenols is 1. The molecule has 2 aliphatic rings. The third kappa shape index (κ3) is 12.3. The third-order valence-electron chi connectivity index (χ3n) is 8.08. The minimum absolute atomic E-state index is 0. The van der Waals surface area contributed by atoms with Gasteiger partial charge in [-0.25, -0.2) is 4.79 Å². The van der Waals surface area contributed by atoms with Crippen LogP contribution in [-0.2, 0) is 40.9 Å². The SMILES string of the molecule is O=C1OCCC1Br.O=C1OCCC1Oc1ccc([S+](c2ccccc2)c2ccccc2)cc1.Oc1ccc([S+](c2ccccc2)c2ccccc2)cc1.[Cl-].[Cl-]. The molecule has 2 saturated heterocycles. The summed E-state index contributed by atoms with van der Waals surface area (Å²) in [7, 11) is -0.315. The van der Waals surface area contributed by atoms with Gasteiger partial charge in [0.1, 0.15) is 16.3 Å². The molecule has 1 N–H and O–H groups in total. The van der Waals surface area contributed by atoms with Crippen LogP contribution in [0.1, 0.15) is 12.8 Å². The molecular weight excluding hydrogens is 839 g/mol. The van der Waals surface area contributed by atoms with Crippen molar-refractivity contribution < 1.29 is 53.7 Å². The van der Waals surface area contributed by atoms with Gasteiger partial charge in [-0.1, -0.05) is 88.7 Å². The summed E-state index contributed by atoms with van der Waals surface area (Å²) in [5, 5.41) is 9.48. The van der Waals surface area contributed by atoms with Crippen LogP contribution in [0.4, 0.5) is 0 Å². The van der Waals surface area contributed by atoms with Gasteiger partial charge >= 0.3 is 11.9 Å². The lowest BCUT2D eigenvalue weighted by atomic mass is 10.3. The van der Waals surface area contributed by atoms with Gasteiger partial charge in [0.05, 0.1) is 35.0 Å². The minimum atomic E-state index is -0.484. The fraction of sp³-hybridized carbons (Fsp3) is 0.136. The van der Waals surface area contributed by atoms with Crippen molar-refractivity contribution in [3.05, 3.63) is 170 Å². The molecule has 2 heterocycles. The smallest absolute Gasteiger partial charge is 0.347 e. The van der Waals surface area contributed by atoms with Gasteiger partial charge in [0.15, 0.2) is 35.5 Å². The first-order valence-corrected chi connectivity index (χ1v) is 20.5. The zero-order valence-electron chi connectivity index (χ0n) is 29.6. The maximum Gasteiger partial charge on any atom is 0.347 e. The summed E-state index contributed by atoms with van der Waals surface area (Å²) in [6.45, 7) is 1.02. The summed E-state index contributed by atoms with van der Waals surface area (Å²) >= 11 is 3.13. The Balaban J connectivity index is 0.000000206. The Labute approximate surface area is 348 Å². The average molecular weight is 879 g/mol. The maximum absolute atomic E-state index is 11.6. The third-order valence-corrected chi connectivity index (χ3v) is 13.4. The molecule has 0 radical (unpaired) electrons. The van der Waals surface area contributed by atoms with Gasteiger partial charge < -0.3 is 44.1 Å². The number of carbonyl (C=O) groups is 2. The first kappa shape index (κ1) is 43.3. The number of hydrogen-bond donors (Lipinski definition) is 1. The highest BCUT2D eigenvalue weighted by atomic mass is 79.9. The number of alkyl halides is 1. The zero-order valence-corrected chi connectivity index (χ0v) is 34.3. The van der Waals surface area contributed by atoms with Crippen LogP contribution >= 0.6 is 15.9 Å². The second-order valence-electron chi connectivity index (χ2n) is 11.8. The Kier molecular flexibility index (Phi) is 17.5. The predicted molar refractivity (Wildman–Crippen MR) is 213 cm³/mol. The Hall–Kier alpha value is -4.38. The van der Waals surface area contributed by atoms with E-state index in [1.807, 2.05) is 48.5 Å². The predicted octanol–water partition coefficient (Wildman–Crippen LogP) is 3.67. The molecule has 0 aromatic heterocycles. The fourth-order valence-corrected chi connectivity index (χ4v) is 9.99. The first-order chi connectivity index (χ1) is 26.0. The van der Waals surface area contributed by atoms with E-state index in [9.17, 15) is 14.7 Å². The number of benzene rings is 6. The van der Waals surface area contributed by atoms with Crippen LogP contribution in [0.2, 0.25) is 0 Å². The van der Waals surface area contributed by atoms with Gasteiger partial charge in [-0.15, -0.1) is 0 Å². The highest BCUT2D eigenvalue weighted by Crippen LogP contribution is 2.33. The fourth-order valence-electron chi connectivity index (χ4n) is 5.50. The zero-order chi connectivity index (χ0) is 36.8. The number of carbonyl (C=O) groups excluding carboxylic acids is 2. The van der Waals surface area contributed by atoms with Crippen molar-refractivity contribution >= 4 is 49.7 Å². The molecule has 6 aromatic carbocycles. The Morgan fingerprint density at radius 2 is 0.836 bits per heavy atom. The van der Waals surface area contributed by atoms with Crippen LogP contribution in [0.15, 0.2) is 199 Å². The molecule has 8 rings (SSSR count). The molecule has 0 spiro atoms. The Bertz CT molecular complexity index is 1950. The molecule has 55 heavy (non-hydrogen) atoms. The van der Waals surface area contributed by atoms with E-state index in [1.165, 1.54) is 29.4 Å². The van der Waals surface area contributed by atoms with Crippen LogP contribution in [0.25, 0.3) is 0 Å². The van der Waals surface area contributed by atoms with Crippen LogP contribution in [0, 0.1) is 0 Å². The molecule has 0 aliphatic carbocycles. The van der Waals surface area contributed by atoms with Crippen molar-refractivity contribution in [3.8, 4) is 11.5 Å². The molecule has 2 fully saturated rings. The number of hydrogen-bond acceptors (Lipinski definition) is 6.